The van der Waals surface area contributed by atoms with Crippen molar-refractivity contribution < 1.29 is 9.63 Å². The average Bonchev–Trinajstić information content (AvgIpc) is 2.23. The lowest BCUT2D eigenvalue weighted by Crippen LogP contribution is -2.41. The maximum Gasteiger partial charge on any atom is 0.245 e. The molecule has 0 spiro atoms. The van der Waals surface area contributed by atoms with Gasteiger partial charge in [-0.2, -0.15) is 5.48 Å². The van der Waals surface area contributed by atoms with Crippen LogP contribution in [-0.4, -0.2) is 18.6 Å². The molecule has 1 aromatic carbocycles. The van der Waals surface area contributed by atoms with Gasteiger partial charge in [0.2, 0.25) is 5.91 Å². The van der Waals surface area contributed by atoms with Gasteiger partial charge in [0.15, 0.2) is 0 Å². The van der Waals surface area contributed by atoms with E-state index >= 15 is 0 Å². The Balaban J connectivity index is 1.71. The Kier molecular flexibility index (Phi) is 3.99. The van der Waals surface area contributed by atoms with E-state index in [1.807, 2.05) is 24.3 Å². The molecule has 92 valence electrons. The number of carbonyl (C=O) groups excluding carboxylic acids is 1. The van der Waals surface area contributed by atoms with Crippen LogP contribution in [0.25, 0.3) is 0 Å². The molecule has 1 amide bonds. The van der Waals surface area contributed by atoms with E-state index in [-0.39, 0.29) is 6.61 Å². The monoisotopic (exact) mass is 254 g/mol. The number of nitrogens with one attached hydrogen (secondary N) is 1. The summed E-state index contributed by atoms with van der Waals surface area (Å²) in [7, 11) is 0. The molecule has 0 aliphatic heterocycles. The van der Waals surface area contributed by atoms with Gasteiger partial charge >= 0.3 is 0 Å². The molecule has 0 atom stereocenters. The fourth-order valence-corrected chi connectivity index (χ4v) is 2.08. The molecule has 0 saturated heterocycles. The van der Waals surface area contributed by atoms with Gasteiger partial charge in [0.25, 0.3) is 0 Å². The van der Waals surface area contributed by atoms with E-state index < -0.39 is 5.91 Å². The van der Waals surface area contributed by atoms with Crippen LogP contribution in [0.5, 0.6) is 0 Å². The minimum absolute atomic E-state index is 0.0812. The molecule has 0 radical (unpaired) electrons. The highest BCUT2D eigenvalue weighted by atomic mass is 35.5. The quantitative estimate of drug-likeness (QED) is 0.785. The normalized spacial score (nSPS) is 23.1. The number of halogens is 1. The first-order chi connectivity index (χ1) is 8.15. The van der Waals surface area contributed by atoms with Gasteiger partial charge in [-0.15, -0.1) is 0 Å². The molecule has 5 heteroatoms. The topological polar surface area (TPSA) is 64.4 Å². The summed E-state index contributed by atoms with van der Waals surface area (Å²) in [5.41, 5.74) is 9.08. The Morgan fingerprint density at radius 3 is 2.65 bits per heavy atom. The fourth-order valence-electron chi connectivity index (χ4n) is 1.95. The summed E-state index contributed by atoms with van der Waals surface area (Å²) in [5, 5.41) is 0.757. The SMILES string of the molecule is NC(=O)CONC1CC(c2ccc(Cl)cc2)C1. The van der Waals surface area contributed by atoms with Gasteiger partial charge in [0.05, 0.1) is 0 Å². The number of hydrogen-bond acceptors (Lipinski definition) is 3. The van der Waals surface area contributed by atoms with E-state index in [0.29, 0.717) is 12.0 Å². The summed E-state index contributed by atoms with van der Waals surface area (Å²) in [4.78, 5) is 15.4. The molecule has 1 aliphatic rings. The van der Waals surface area contributed by atoms with Crippen molar-refractivity contribution >= 4 is 17.5 Å². The number of nitrogens with two attached hydrogens (primary N) is 1. The fraction of sp³-hybridized carbons (Fsp3) is 0.417. The first-order valence-corrected chi connectivity index (χ1v) is 5.94. The number of hydroxylamine groups is 1. The van der Waals surface area contributed by atoms with E-state index in [9.17, 15) is 4.79 Å². The lowest BCUT2D eigenvalue weighted by Gasteiger charge is -2.35. The molecule has 17 heavy (non-hydrogen) atoms. The number of primary amides is 1. The molecule has 0 unspecified atom stereocenters. The smallest absolute Gasteiger partial charge is 0.245 e. The van der Waals surface area contributed by atoms with E-state index in [1.54, 1.807) is 0 Å². The van der Waals surface area contributed by atoms with Crippen molar-refractivity contribution in [3.8, 4) is 0 Å². The average molecular weight is 255 g/mol. The standard InChI is InChI=1S/C12H15ClN2O2/c13-10-3-1-8(2-4-10)9-5-11(6-9)15-17-7-12(14)16/h1-4,9,11,15H,5-7H2,(H2,14,16). The van der Waals surface area contributed by atoms with Gasteiger partial charge in [-0.05, 0) is 36.5 Å². The largest absolute Gasteiger partial charge is 0.368 e. The van der Waals surface area contributed by atoms with Gasteiger partial charge in [-0.25, -0.2) is 0 Å². The van der Waals surface area contributed by atoms with Crippen molar-refractivity contribution in [2.24, 2.45) is 5.73 Å². The van der Waals surface area contributed by atoms with Gasteiger partial charge in [0, 0.05) is 11.1 Å². The van der Waals surface area contributed by atoms with Crippen LogP contribution in [0.3, 0.4) is 0 Å². The molecule has 0 heterocycles. The van der Waals surface area contributed by atoms with Crippen molar-refractivity contribution in [3.63, 3.8) is 0 Å². The number of benzene rings is 1. The summed E-state index contributed by atoms with van der Waals surface area (Å²) in [6.45, 7) is -0.0812. The first kappa shape index (κ1) is 12.4. The number of rotatable bonds is 5. The van der Waals surface area contributed by atoms with Gasteiger partial charge < -0.3 is 5.73 Å². The van der Waals surface area contributed by atoms with Gasteiger partial charge in [-0.3, -0.25) is 9.63 Å². The van der Waals surface area contributed by atoms with Crippen molar-refractivity contribution in [1.82, 2.24) is 5.48 Å². The molecule has 4 nitrogen and oxygen atoms in total. The van der Waals surface area contributed by atoms with Crippen LogP contribution in [0, 0.1) is 0 Å². The predicted molar refractivity (Wildman–Crippen MR) is 65.5 cm³/mol. The van der Waals surface area contributed by atoms with Crippen LogP contribution >= 0.6 is 11.6 Å². The summed E-state index contributed by atoms with van der Waals surface area (Å²) in [5.74, 6) is 0.0769. The van der Waals surface area contributed by atoms with Gasteiger partial charge in [-0.1, -0.05) is 23.7 Å². The van der Waals surface area contributed by atoms with Crippen LogP contribution in [0.2, 0.25) is 5.02 Å². The highest BCUT2D eigenvalue weighted by Crippen LogP contribution is 2.37. The third-order valence-corrected chi connectivity index (χ3v) is 3.20. The van der Waals surface area contributed by atoms with Crippen molar-refractivity contribution in [3.05, 3.63) is 34.9 Å². The second kappa shape index (κ2) is 5.49. The van der Waals surface area contributed by atoms with Crippen LogP contribution in [-0.2, 0) is 9.63 Å². The summed E-state index contributed by atoms with van der Waals surface area (Å²) < 4.78 is 0. The number of hydrogen-bond donors (Lipinski definition) is 2. The van der Waals surface area contributed by atoms with Crippen LogP contribution in [0.1, 0.15) is 24.3 Å². The molecule has 1 fully saturated rings. The molecule has 1 aliphatic carbocycles. The van der Waals surface area contributed by atoms with E-state index in [2.05, 4.69) is 5.48 Å². The Bertz CT molecular complexity index is 388. The minimum atomic E-state index is -0.467. The summed E-state index contributed by atoms with van der Waals surface area (Å²) in [6.07, 6.45) is 2.00. The zero-order valence-corrected chi connectivity index (χ0v) is 10.1. The second-order valence-electron chi connectivity index (χ2n) is 4.29. The zero-order valence-electron chi connectivity index (χ0n) is 9.36. The van der Waals surface area contributed by atoms with Crippen molar-refractivity contribution in [2.75, 3.05) is 6.61 Å². The molecule has 3 N–H and O–H groups in total. The molecular formula is C12H15ClN2O2. The van der Waals surface area contributed by atoms with E-state index in [4.69, 9.17) is 22.2 Å². The lowest BCUT2D eigenvalue weighted by molar-refractivity contribution is -0.126. The summed E-state index contributed by atoms with van der Waals surface area (Å²) in [6, 6.07) is 8.21. The lowest BCUT2D eigenvalue weighted by atomic mass is 9.76. The maximum absolute atomic E-state index is 10.4. The molecular weight excluding hydrogens is 240 g/mol. The first-order valence-electron chi connectivity index (χ1n) is 5.56. The van der Waals surface area contributed by atoms with Gasteiger partial charge in [0.1, 0.15) is 6.61 Å². The van der Waals surface area contributed by atoms with Crippen LogP contribution in [0.4, 0.5) is 0 Å². The van der Waals surface area contributed by atoms with Crippen molar-refractivity contribution in [2.45, 2.75) is 24.8 Å². The third-order valence-electron chi connectivity index (χ3n) is 2.94. The molecule has 1 saturated carbocycles. The molecule has 2 rings (SSSR count). The Morgan fingerprint density at radius 1 is 1.41 bits per heavy atom. The zero-order chi connectivity index (χ0) is 12.3. The van der Waals surface area contributed by atoms with E-state index in [0.717, 1.165) is 17.9 Å². The van der Waals surface area contributed by atoms with E-state index in [1.165, 1.54) is 5.56 Å². The molecule has 0 aromatic heterocycles. The Morgan fingerprint density at radius 2 is 2.06 bits per heavy atom. The second-order valence-corrected chi connectivity index (χ2v) is 4.73. The summed E-state index contributed by atoms with van der Waals surface area (Å²) >= 11 is 5.83. The Labute approximate surface area is 105 Å². The Hall–Kier alpha value is -1.10. The van der Waals surface area contributed by atoms with Crippen LogP contribution < -0.4 is 11.2 Å². The van der Waals surface area contributed by atoms with Crippen LogP contribution in [0.15, 0.2) is 24.3 Å². The molecule has 1 aromatic rings. The third kappa shape index (κ3) is 3.43. The minimum Gasteiger partial charge on any atom is -0.368 e. The van der Waals surface area contributed by atoms with Crippen molar-refractivity contribution in [1.29, 1.82) is 0 Å². The maximum atomic E-state index is 10.4. The number of amides is 1. The number of carbonyl (C=O) groups is 1. The predicted octanol–water partition coefficient (Wildman–Crippen LogP) is 1.59. The highest BCUT2D eigenvalue weighted by Gasteiger charge is 2.30. The highest BCUT2D eigenvalue weighted by molar-refractivity contribution is 6.30. The molecule has 0 bridgehead atoms.